The molecule has 5 nitrogen and oxygen atoms in total. The highest BCUT2D eigenvalue weighted by Gasteiger charge is 2.11. The summed E-state index contributed by atoms with van der Waals surface area (Å²) in [7, 11) is 0. The van der Waals surface area contributed by atoms with Crippen molar-refractivity contribution in [2.45, 2.75) is 23.4 Å². The van der Waals surface area contributed by atoms with Crippen LogP contribution < -0.4 is 5.73 Å². The number of aromatic nitrogens is 1. The number of thioether (sulfide) groups is 1. The molecule has 0 radical (unpaired) electrons. The minimum atomic E-state index is -0.847. The molecule has 1 amide bonds. The SMILES string of the molecule is Cc1nc(SCc2ccc(C(N)=O)cc2)sc1CC(=O)O. The van der Waals surface area contributed by atoms with Crippen molar-refractivity contribution in [1.82, 2.24) is 4.98 Å². The zero-order chi connectivity index (χ0) is 15.4. The molecule has 2 rings (SSSR count). The number of hydrogen-bond donors (Lipinski definition) is 2. The molecule has 1 heterocycles. The van der Waals surface area contributed by atoms with E-state index in [4.69, 9.17) is 10.8 Å². The van der Waals surface area contributed by atoms with Gasteiger partial charge in [-0.1, -0.05) is 23.9 Å². The summed E-state index contributed by atoms with van der Waals surface area (Å²) in [4.78, 5) is 26.9. The third-order valence-corrected chi connectivity index (χ3v) is 5.16. The molecule has 0 aliphatic carbocycles. The zero-order valence-corrected chi connectivity index (χ0v) is 13.0. The van der Waals surface area contributed by atoms with E-state index in [-0.39, 0.29) is 6.42 Å². The lowest BCUT2D eigenvalue weighted by atomic mass is 10.1. The summed E-state index contributed by atoms with van der Waals surface area (Å²) >= 11 is 2.96. The van der Waals surface area contributed by atoms with Crippen molar-refractivity contribution in [3.8, 4) is 0 Å². The van der Waals surface area contributed by atoms with Gasteiger partial charge in [-0.05, 0) is 24.6 Å². The Bertz CT molecular complexity index is 665. The number of aliphatic carboxylic acids is 1. The smallest absolute Gasteiger partial charge is 0.308 e. The number of hydrogen-bond acceptors (Lipinski definition) is 5. The van der Waals surface area contributed by atoms with Gasteiger partial charge >= 0.3 is 5.97 Å². The number of carbonyl (C=O) groups is 2. The summed E-state index contributed by atoms with van der Waals surface area (Å²) in [5.74, 6) is -0.582. The second-order valence-corrected chi connectivity index (χ2v) is 6.71. The van der Waals surface area contributed by atoms with Crippen LogP contribution in [0.3, 0.4) is 0 Å². The molecular weight excluding hydrogens is 308 g/mol. The molecule has 0 saturated carbocycles. The third kappa shape index (κ3) is 4.30. The predicted molar refractivity (Wildman–Crippen MR) is 82.7 cm³/mol. The Hall–Kier alpha value is -1.86. The molecule has 21 heavy (non-hydrogen) atoms. The zero-order valence-electron chi connectivity index (χ0n) is 11.3. The minimum absolute atomic E-state index is 0.0113. The highest BCUT2D eigenvalue weighted by Crippen LogP contribution is 2.30. The Morgan fingerprint density at radius 1 is 1.33 bits per heavy atom. The maximum Gasteiger partial charge on any atom is 0.308 e. The van der Waals surface area contributed by atoms with Gasteiger partial charge in [-0.25, -0.2) is 4.98 Å². The van der Waals surface area contributed by atoms with E-state index in [1.807, 2.05) is 19.1 Å². The Kier molecular flexibility index (Phi) is 4.98. The van der Waals surface area contributed by atoms with Crippen molar-refractivity contribution in [3.63, 3.8) is 0 Å². The lowest BCUT2D eigenvalue weighted by Gasteiger charge is -2.00. The van der Waals surface area contributed by atoms with Crippen molar-refractivity contribution in [1.29, 1.82) is 0 Å². The molecule has 0 atom stereocenters. The van der Waals surface area contributed by atoms with Gasteiger partial charge in [-0.3, -0.25) is 9.59 Å². The Balaban J connectivity index is 1.99. The summed E-state index contributed by atoms with van der Waals surface area (Å²) < 4.78 is 0.850. The highest BCUT2D eigenvalue weighted by molar-refractivity contribution is 8.00. The molecule has 1 aromatic heterocycles. The van der Waals surface area contributed by atoms with Gasteiger partial charge in [0, 0.05) is 16.2 Å². The van der Waals surface area contributed by atoms with Crippen molar-refractivity contribution in [3.05, 3.63) is 46.0 Å². The number of carbonyl (C=O) groups excluding carboxylic acids is 1. The van der Waals surface area contributed by atoms with Crippen LogP contribution >= 0.6 is 23.1 Å². The molecule has 1 aromatic carbocycles. The standard InChI is InChI=1S/C14H14N2O3S2/c1-8-11(6-12(17)18)21-14(16-8)20-7-9-2-4-10(5-3-9)13(15)19/h2-5H,6-7H2,1H3,(H2,15,19)(H,17,18). The molecule has 0 bridgehead atoms. The lowest BCUT2D eigenvalue weighted by molar-refractivity contribution is -0.136. The van der Waals surface area contributed by atoms with Gasteiger partial charge < -0.3 is 10.8 Å². The highest BCUT2D eigenvalue weighted by atomic mass is 32.2. The number of rotatable bonds is 6. The average Bonchev–Trinajstić information content (AvgIpc) is 2.77. The Labute approximate surface area is 130 Å². The number of amides is 1. The Morgan fingerprint density at radius 2 is 2.00 bits per heavy atom. The molecule has 0 unspecified atom stereocenters. The molecule has 0 aliphatic heterocycles. The molecule has 0 saturated heterocycles. The van der Waals surface area contributed by atoms with Crippen LogP contribution in [-0.2, 0) is 17.0 Å². The summed E-state index contributed by atoms with van der Waals surface area (Å²) in [6.07, 6.45) is 0.0113. The molecule has 0 aliphatic rings. The Morgan fingerprint density at radius 3 is 2.57 bits per heavy atom. The summed E-state index contributed by atoms with van der Waals surface area (Å²) in [5.41, 5.74) is 7.50. The first-order chi connectivity index (χ1) is 9.95. The van der Waals surface area contributed by atoms with E-state index in [2.05, 4.69) is 4.98 Å². The molecular formula is C14H14N2O3S2. The topological polar surface area (TPSA) is 93.3 Å². The average molecular weight is 322 g/mol. The lowest BCUT2D eigenvalue weighted by Crippen LogP contribution is -2.10. The van der Waals surface area contributed by atoms with E-state index >= 15 is 0 Å². The first-order valence-corrected chi connectivity index (χ1v) is 7.95. The van der Waals surface area contributed by atoms with Gasteiger partial charge in [0.05, 0.1) is 12.1 Å². The molecule has 3 N–H and O–H groups in total. The largest absolute Gasteiger partial charge is 0.481 e. The van der Waals surface area contributed by atoms with E-state index in [1.54, 1.807) is 23.9 Å². The van der Waals surface area contributed by atoms with Gasteiger partial charge in [0.1, 0.15) is 0 Å². The minimum Gasteiger partial charge on any atom is -0.481 e. The van der Waals surface area contributed by atoms with Crippen LogP contribution in [0.2, 0.25) is 0 Å². The number of thiazole rings is 1. The second kappa shape index (κ2) is 6.73. The second-order valence-electron chi connectivity index (χ2n) is 4.41. The van der Waals surface area contributed by atoms with Gasteiger partial charge in [0.2, 0.25) is 5.91 Å². The van der Waals surface area contributed by atoms with E-state index in [1.165, 1.54) is 11.3 Å². The monoisotopic (exact) mass is 322 g/mol. The first kappa shape index (κ1) is 15.5. The maximum atomic E-state index is 11.0. The van der Waals surface area contributed by atoms with Crippen LogP contribution in [-0.4, -0.2) is 22.0 Å². The fourth-order valence-electron chi connectivity index (χ4n) is 1.67. The normalized spacial score (nSPS) is 10.5. The maximum absolute atomic E-state index is 11.0. The molecule has 2 aromatic rings. The van der Waals surface area contributed by atoms with Crippen molar-refractivity contribution < 1.29 is 14.7 Å². The van der Waals surface area contributed by atoms with E-state index in [9.17, 15) is 9.59 Å². The quantitative estimate of drug-likeness (QED) is 0.797. The third-order valence-electron chi connectivity index (χ3n) is 2.79. The number of carboxylic acids is 1. The van der Waals surface area contributed by atoms with Gasteiger partial charge in [0.25, 0.3) is 0 Å². The fraction of sp³-hybridized carbons (Fsp3) is 0.214. The molecule has 7 heteroatoms. The van der Waals surface area contributed by atoms with Crippen LogP contribution in [0.1, 0.15) is 26.5 Å². The van der Waals surface area contributed by atoms with Crippen molar-refractivity contribution in [2.24, 2.45) is 5.73 Å². The van der Waals surface area contributed by atoms with Gasteiger partial charge in [-0.15, -0.1) is 11.3 Å². The van der Waals surface area contributed by atoms with E-state index in [0.29, 0.717) is 11.3 Å². The number of nitrogens with two attached hydrogens (primary N) is 1. The summed E-state index contributed by atoms with van der Waals surface area (Å²) in [6, 6.07) is 7.10. The number of primary amides is 1. The van der Waals surface area contributed by atoms with E-state index < -0.39 is 11.9 Å². The van der Waals surface area contributed by atoms with E-state index in [0.717, 1.165) is 20.5 Å². The number of aryl methyl sites for hydroxylation is 1. The number of carboxylic acid groups (broad SMARTS) is 1. The van der Waals surface area contributed by atoms with Crippen LogP contribution in [0.25, 0.3) is 0 Å². The van der Waals surface area contributed by atoms with Crippen LogP contribution in [0.5, 0.6) is 0 Å². The molecule has 110 valence electrons. The number of nitrogens with zero attached hydrogens (tertiary/aromatic N) is 1. The molecule has 0 fully saturated rings. The van der Waals surface area contributed by atoms with Crippen LogP contribution in [0.15, 0.2) is 28.6 Å². The predicted octanol–water partition coefficient (Wildman–Crippen LogP) is 2.47. The summed E-state index contributed by atoms with van der Waals surface area (Å²) in [5, 5.41) is 8.81. The van der Waals surface area contributed by atoms with Gasteiger partial charge in [0.15, 0.2) is 4.34 Å². The van der Waals surface area contributed by atoms with Crippen molar-refractivity contribution >= 4 is 35.0 Å². The van der Waals surface area contributed by atoms with Crippen LogP contribution in [0.4, 0.5) is 0 Å². The number of benzene rings is 1. The summed E-state index contributed by atoms with van der Waals surface area (Å²) in [6.45, 7) is 1.82. The molecule has 0 spiro atoms. The van der Waals surface area contributed by atoms with Crippen molar-refractivity contribution in [2.75, 3.05) is 0 Å². The fourth-order valence-corrected chi connectivity index (χ4v) is 3.86. The first-order valence-electron chi connectivity index (χ1n) is 6.15. The van der Waals surface area contributed by atoms with Crippen LogP contribution in [0, 0.1) is 6.92 Å². The van der Waals surface area contributed by atoms with Gasteiger partial charge in [-0.2, -0.15) is 0 Å².